The van der Waals surface area contributed by atoms with Crippen molar-refractivity contribution in [3.8, 4) is 0 Å². The molecule has 3 aromatic carbocycles. The number of aromatic nitrogens is 1. The van der Waals surface area contributed by atoms with E-state index in [2.05, 4.69) is 0 Å². The highest BCUT2D eigenvalue weighted by Crippen LogP contribution is 2.34. The molecule has 1 aromatic heterocycles. The second-order valence-corrected chi connectivity index (χ2v) is 6.90. The highest BCUT2D eigenvalue weighted by Gasteiger charge is 2.27. The van der Waals surface area contributed by atoms with Gasteiger partial charge in [-0.1, -0.05) is 25.1 Å². The molecule has 0 saturated heterocycles. The van der Waals surface area contributed by atoms with E-state index in [9.17, 15) is 26.7 Å². The number of carbonyl (C=O) groups excluding carboxylic acids is 1. The van der Waals surface area contributed by atoms with Crippen molar-refractivity contribution in [1.82, 2.24) is 4.57 Å². The van der Waals surface area contributed by atoms with Gasteiger partial charge in [-0.2, -0.15) is 0 Å². The van der Waals surface area contributed by atoms with E-state index in [0.29, 0.717) is 28.2 Å². The van der Waals surface area contributed by atoms with Crippen LogP contribution in [0, 0.1) is 29.1 Å². The van der Waals surface area contributed by atoms with E-state index in [0.717, 1.165) is 5.56 Å². The third-order valence-electron chi connectivity index (χ3n) is 5.25. The molecule has 3 nitrogen and oxygen atoms in total. The predicted octanol–water partition coefficient (Wildman–Crippen LogP) is 5.20. The normalized spacial score (nSPS) is 11.5. The van der Waals surface area contributed by atoms with Gasteiger partial charge in [0.05, 0.1) is 12.1 Å². The first kappa shape index (κ1) is 19.9. The number of nitrogens with zero attached hydrogens (tertiary/aromatic N) is 1. The molecule has 0 saturated carbocycles. The molecule has 0 spiro atoms. The fraction of sp³-hybridized carbons (Fsp3) is 0.136. The molecule has 30 heavy (non-hydrogen) atoms. The van der Waals surface area contributed by atoms with Crippen molar-refractivity contribution in [3.05, 3.63) is 82.2 Å². The van der Waals surface area contributed by atoms with Crippen LogP contribution in [0.1, 0.15) is 28.4 Å². The number of aryl methyl sites for hydroxylation is 1. The maximum atomic E-state index is 14.3. The molecule has 0 bridgehead atoms. The fourth-order valence-corrected chi connectivity index (χ4v) is 3.73. The summed E-state index contributed by atoms with van der Waals surface area (Å²) in [7, 11) is 0. The maximum absolute atomic E-state index is 14.3. The van der Waals surface area contributed by atoms with Gasteiger partial charge in [0, 0.05) is 27.4 Å². The Morgan fingerprint density at radius 2 is 1.53 bits per heavy atom. The third-order valence-corrected chi connectivity index (χ3v) is 5.25. The van der Waals surface area contributed by atoms with Gasteiger partial charge in [0.15, 0.2) is 23.3 Å². The van der Waals surface area contributed by atoms with E-state index in [1.54, 1.807) is 18.2 Å². The van der Waals surface area contributed by atoms with Crippen molar-refractivity contribution in [2.45, 2.75) is 19.9 Å². The number of primary amides is 1. The first-order valence-corrected chi connectivity index (χ1v) is 9.10. The van der Waals surface area contributed by atoms with Crippen molar-refractivity contribution in [1.29, 1.82) is 0 Å². The molecule has 0 aliphatic rings. The lowest BCUT2D eigenvalue weighted by Crippen LogP contribution is -2.12. The molecular weight excluding hydrogens is 403 g/mol. The Balaban J connectivity index is 2.09. The lowest BCUT2D eigenvalue weighted by atomic mass is 10.0. The monoisotopic (exact) mass is 418 g/mol. The Kier molecular flexibility index (Phi) is 4.72. The fourth-order valence-electron chi connectivity index (χ4n) is 3.73. The highest BCUT2D eigenvalue weighted by atomic mass is 19.2. The molecular formula is C22H15F5N2O. The van der Waals surface area contributed by atoms with Crippen LogP contribution in [0.25, 0.3) is 21.8 Å². The van der Waals surface area contributed by atoms with Gasteiger partial charge < -0.3 is 10.3 Å². The number of halogens is 5. The average molecular weight is 418 g/mol. The minimum atomic E-state index is -2.21. The van der Waals surface area contributed by atoms with Crippen LogP contribution in [0.3, 0.4) is 0 Å². The van der Waals surface area contributed by atoms with Crippen molar-refractivity contribution < 1.29 is 26.7 Å². The molecule has 4 aromatic rings. The van der Waals surface area contributed by atoms with Gasteiger partial charge >= 0.3 is 0 Å². The molecule has 0 aliphatic heterocycles. The minimum absolute atomic E-state index is 0.193. The molecule has 154 valence electrons. The second kappa shape index (κ2) is 7.12. The summed E-state index contributed by atoms with van der Waals surface area (Å²) >= 11 is 0. The van der Waals surface area contributed by atoms with Crippen LogP contribution in [0.5, 0.6) is 0 Å². The molecule has 2 N–H and O–H groups in total. The van der Waals surface area contributed by atoms with Crippen molar-refractivity contribution >= 4 is 27.7 Å². The van der Waals surface area contributed by atoms with Gasteiger partial charge in [-0.15, -0.1) is 0 Å². The molecule has 1 amide bonds. The Morgan fingerprint density at radius 1 is 0.900 bits per heavy atom. The zero-order chi connectivity index (χ0) is 21.7. The topological polar surface area (TPSA) is 48.0 Å². The van der Waals surface area contributed by atoms with E-state index >= 15 is 0 Å². The van der Waals surface area contributed by atoms with Crippen molar-refractivity contribution in [3.63, 3.8) is 0 Å². The van der Waals surface area contributed by atoms with E-state index in [1.807, 2.05) is 13.0 Å². The zero-order valence-corrected chi connectivity index (χ0v) is 15.7. The molecule has 0 aliphatic carbocycles. The van der Waals surface area contributed by atoms with Gasteiger partial charge in [0.25, 0.3) is 0 Å². The molecule has 0 atom stereocenters. The maximum Gasteiger partial charge on any atom is 0.249 e. The first-order valence-electron chi connectivity index (χ1n) is 9.10. The lowest BCUT2D eigenvalue weighted by molar-refractivity contribution is 0.100. The van der Waals surface area contributed by atoms with Crippen molar-refractivity contribution in [2.24, 2.45) is 5.73 Å². The van der Waals surface area contributed by atoms with E-state index in [-0.39, 0.29) is 5.56 Å². The number of hydrogen-bond donors (Lipinski definition) is 1. The minimum Gasteiger partial charge on any atom is -0.366 e. The van der Waals surface area contributed by atoms with Crippen LogP contribution in [0.2, 0.25) is 0 Å². The summed E-state index contributed by atoms with van der Waals surface area (Å²) in [6, 6.07) is 9.99. The number of rotatable bonds is 4. The molecule has 4 rings (SSSR count). The number of benzene rings is 3. The Hall–Kier alpha value is -3.42. The number of fused-ring (bicyclic) bond motifs is 3. The summed E-state index contributed by atoms with van der Waals surface area (Å²) in [5, 5.41) is 1.03. The number of amides is 1. The molecule has 1 heterocycles. The Labute approximate surface area is 167 Å². The largest absolute Gasteiger partial charge is 0.366 e. The average Bonchev–Trinajstić information content (AvgIpc) is 3.06. The zero-order valence-electron chi connectivity index (χ0n) is 15.7. The molecule has 0 radical (unpaired) electrons. The van der Waals surface area contributed by atoms with Gasteiger partial charge in [-0.25, -0.2) is 22.0 Å². The predicted molar refractivity (Wildman–Crippen MR) is 103 cm³/mol. The first-order chi connectivity index (χ1) is 14.3. The van der Waals surface area contributed by atoms with Crippen LogP contribution >= 0.6 is 0 Å². The summed E-state index contributed by atoms with van der Waals surface area (Å²) in [5.41, 5.74) is 6.48. The summed E-state index contributed by atoms with van der Waals surface area (Å²) < 4.78 is 71.0. The van der Waals surface area contributed by atoms with E-state index in [1.165, 1.54) is 16.7 Å². The van der Waals surface area contributed by atoms with Crippen molar-refractivity contribution in [2.75, 3.05) is 0 Å². The standard InChI is InChI=1S/C22H15F5N2O/c1-2-10-6-7-11-15(8-10)29(14-5-3-4-12(16(11)14)22(28)30)9-13-17(23)19(25)21(27)20(26)18(13)24/h3-8H,2,9H2,1H3,(H2,28,30). The summed E-state index contributed by atoms with van der Waals surface area (Å²) in [4.78, 5) is 11.9. The van der Waals surface area contributed by atoms with E-state index in [4.69, 9.17) is 5.73 Å². The molecule has 0 unspecified atom stereocenters. The number of hydrogen-bond acceptors (Lipinski definition) is 1. The smallest absolute Gasteiger partial charge is 0.249 e. The van der Waals surface area contributed by atoms with Gasteiger partial charge in [0.1, 0.15) is 0 Å². The van der Waals surface area contributed by atoms with Crippen LogP contribution in [0.15, 0.2) is 36.4 Å². The summed E-state index contributed by atoms with van der Waals surface area (Å²) in [5.74, 6) is -10.7. The van der Waals surface area contributed by atoms with Gasteiger partial charge in [0.2, 0.25) is 11.7 Å². The van der Waals surface area contributed by atoms with E-state index < -0.39 is 47.1 Å². The van der Waals surface area contributed by atoms with Crippen LogP contribution in [0.4, 0.5) is 22.0 Å². The number of nitrogens with two attached hydrogens (primary N) is 1. The van der Waals surface area contributed by atoms with Gasteiger partial charge in [-0.05, 0) is 30.2 Å². The van der Waals surface area contributed by atoms with Crippen LogP contribution in [-0.2, 0) is 13.0 Å². The quantitative estimate of drug-likeness (QED) is 0.276. The molecule has 0 fully saturated rings. The molecule has 8 heteroatoms. The van der Waals surface area contributed by atoms with Crippen LogP contribution in [-0.4, -0.2) is 10.5 Å². The second-order valence-electron chi connectivity index (χ2n) is 6.90. The van der Waals surface area contributed by atoms with Gasteiger partial charge in [-0.3, -0.25) is 4.79 Å². The Morgan fingerprint density at radius 3 is 2.13 bits per heavy atom. The van der Waals surface area contributed by atoms with Crippen LogP contribution < -0.4 is 5.73 Å². The Bertz CT molecular complexity index is 1310. The third kappa shape index (κ3) is 2.82. The SMILES string of the molecule is CCc1ccc2c3c(C(N)=O)cccc3n(Cc3c(F)c(F)c(F)c(F)c3F)c2c1. The summed E-state index contributed by atoms with van der Waals surface area (Å²) in [6.45, 7) is 1.29. The lowest BCUT2D eigenvalue weighted by Gasteiger charge is -2.12. The highest BCUT2D eigenvalue weighted by molar-refractivity contribution is 6.18. The number of carbonyl (C=O) groups is 1. The summed E-state index contributed by atoms with van der Waals surface area (Å²) in [6.07, 6.45) is 0.655.